The smallest absolute Gasteiger partial charge is 0.154 e. The van der Waals surface area contributed by atoms with Crippen molar-refractivity contribution in [2.24, 2.45) is 5.73 Å². The van der Waals surface area contributed by atoms with Crippen LogP contribution in [0.2, 0.25) is 0 Å². The molecule has 0 saturated carbocycles. The highest BCUT2D eigenvalue weighted by atomic mass is 16.5. The fourth-order valence-corrected chi connectivity index (χ4v) is 2.17. The first-order valence-corrected chi connectivity index (χ1v) is 7.07. The lowest BCUT2D eigenvalue weighted by Crippen LogP contribution is -2.23. The van der Waals surface area contributed by atoms with E-state index in [1.54, 1.807) is 13.3 Å². The van der Waals surface area contributed by atoms with Crippen LogP contribution in [0.25, 0.3) is 0 Å². The molecule has 0 saturated heterocycles. The number of methoxy groups -OCH3 is 1. The average molecular weight is 286 g/mol. The molecule has 2 rings (SSSR count). The molecule has 5 nitrogen and oxygen atoms in total. The summed E-state index contributed by atoms with van der Waals surface area (Å²) >= 11 is 0. The minimum absolute atomic E-state index is 0.638. The standard InChI is InChI=1S/C16H22N4O/c1-12-11-18-13(2)16(19-12)20(9-5-8-17)14-6-4-7-15(10-14)21-3/h4,6-7,10-11H,5,8-9,17H2,1-3H3. The second-order valence-corrected chi connectivity index (χ2v) is 4.92. The Kier molecular flexibility index (Phi) is 5.11. The molecule has 1 aromatic carbocycles. The Morgan fingerprint density at radius 3 is 2.81 bits per heavy atom. The summed E-state index contributed by atoms with van der Waals surface area (Å²) in [6.07, 6.45) is 2.66. The van der Waals surface area contributed by atoms with Crippen molar-refractivity contribution < 1.29 is 4.74 Å². The van der Waals surface area contributed by atoms with E-state index in [0.29, 0.717) is 6.54 Å². The molecular weight excluding hydrogens is 264 g/mol. The van der Waals surface area contributed by atoms with Crippen LogP contribution in [-0.4, -0.2) is 30.2 Å². The largest absolute Gasteiger partial charge is 0.497 e. The van der Waals surface area contributed by atoms with Gasteiger partial charge in [-0.25, -0.2) is 4.98 Å². The summed E-state index contributed by atoms with van der Waals surface area (Å²) in [4.78, 5) is 11.2. The highest BCUT2D eigenvalue weighted by Crippen LogP contribution is 2.28. The Morgan fingerprint density at radius 1 is 1.29 bits per heavy atom. The monoisotopic (exact) mass is 286 g/mol. The molecule has 2 aromatic rings. The van der Waals surface area contributed by atoms with Crippen LogP contribution in [-0.2, 0) is 0 Å². The fraction of sp³-hybridized carbons (Fsp3) is 0.375. The number of hydrogen-bond acceptors (Lipinski definition) is 5. The van der Waals surface area contributed by atoms with Crippen molar-refractivity contribution in [3.8, 4) is 5.75 Å². The number of nitrogens with two attached hydrogens (primary N) is 1. The van der Waals surface area contributed by atoms with Crippen LogP contribution in [0.15, 0.2) is 30.5 Å². The minimum Gasteiger partial charge on any atom is -0.497 e. The third-order valence-electron chi connectivity index (χ3n) is 3.26. The summed E-state index contributed by atoms with van der Waals surface area (Å²) in [7, 11) is 1.67. The van der Waals surface area contributed by atoms with Crippen molar-refractivity contribution in [2.75, 3.05) is 25.1 Å². The lowest BCUT2D eigenvalue weighted by Gasteiger charge is -2.25. The van der Waals surface area contributed by atoms with Gasteiger partial charge in [-0.15, -0.1) is 0 Å². The van der Waals surface area contributed by atoms with E-state index >= 15 is 0 Å². The van der Waals surface area contributed by atoms with Gasteiger partial charge in [0.2, 0.25) is 0 Å². The van der Waals surface area contributed by atoms with Crippen molar-refractivity contribution in [1.29, 1.82) is 0 Å². The van der Waals surface area contributed by atoms with Gasteiger partial charge in [0.05, 0.1) is 18.5 Å². The Hall–Kier alpha value is -2.14. The predicted molar refractivity (Wildman–Crippen MR) is 85.2 cm³/mol. The highest BCUT2D eigenvalue weighted by molar-refractivity contribution is 5.63. The van der Waals surface area contributed by atoms with Crippen molar-refractivity contribution in [2.45, 2.75) is 20.3 Å². The van der Waals surface area contributed by atoms with Gasteiger partial charge in [0.15, 0.2) is 5.82 Å². The summed E-state index contributed by atoms with van der Waals surface area (Å²) in [6.45, 7) is 5.35. The first-order chi connectivity index (χ1) is 10.2. The predicted octanol–water partition coefficient (Wildman–Crippen LogP) is 2.59. The molecule has 5 heteroatoms. The molecule has 0 spiro atoms. The molecule has 0 bridgehead atoms. The van der Waals surface area contributed by atoms with E-state index < -0.39 is 0 Å². The number of rotatable bonds is 6. The molecule has 1 heterocycles. The van der Waals surface area contributed by atoms with Crippen molar-refractivity contribution in [1.82, 2.24) is 9.97 Å². The average Bonchev–Trinajstić information content (AvgIpc) is 2.51. The van der Waals surface area contributed by atoms with Gasteiger partial charge in [0.1, 0.15) is 5.75 Å². The minimum atomic E-state index is 0.638. The van der Waals surface area contributed by atoms with Crippen LogP contribution in [0.4, 0.5) is 11.5 Å². The van der Waals surface area contributed by atoms with Gasteiger partial charge in [0, 0.05) is 24.5 Å². The second-order valence-electron chi connectivity index (χ2n) is 4.92. The third kappa shape index (κ3) is 3.70. The highest BCUT2D eigenvalue weighted by Gasteiger charge is 2.14. The maximum absolute atomic E-state index is 5.67. The number of ether oxygens (including phenoxy) is 1. The summed E-state index contributed by atoms with van der Waals surface area (Å²) in [5, 5.41) is 0. The van der Waals surface area contributed by atoms with Crippen LogP contribution in [0.5, 0.6) is 5.75 Å². The summed E-state index contributed by atoms with van der Waals surface area (Å²) in [6, 6.07) is 7.95. The first kappa shape index (κ1) is 15.3. The zero-order valence-corrected chi connectivity index (χ0v) is 12.8. The molecular formula is C16H22N4O. The first-order valence-electron chi connectivity index (χ1n) is 7.07. The zero-order valence-electron chi connectivity index (χ0n) is 12.8. The summed E-state index contributed by atoms with van der Waals surface area (Å²) in [5.74, 6) is 1.69. The van der Waals surface area contributed by atoms with Crippen molar-refractivity contribution in [3.05, 3.63) is 41.9 Å². The van der Waals surface area contributed by atoms with Gasteiger partial charge < -0.3 is 15.4 Å². The molecule has 0 aliphatic rings. The van der Waals surface area contributed by atoms with Crippen molar-refractivity contribution in [3.63, 3.8) is 0 Å². The molecule has 21 heavy (non-hydrogen) atoms. The number of aromatic nitrogens is 2. The van der Waals surface area contributed by atoms with E-state index in [4.69, 9.17) is 10.5 Å². The number of nitrogens with zero attached hydrogens (tertiary/aromatic N) is 3. The molecule has 1 aromatic heterocycles. The van der Waals surface area contributed by atoms with E-state index in [2.05, 4.69) is 14.9 Å². The van der Waals surface area contributed by atoms with Crippen LogP contribution >= 0.6 is 0 Å². The number of anilines is 2. The number of benzene rings is 1. The Morgan fingerprint density at radius 2 is 2.10 bits per heavy atom. The quantitative estimate of drug-likeness (QED) is 0.884. The molecule has 2 N–H and O–H groups in total. The maximum Gasteiger partial charge on any atom is 0.154 e. The topological polar surface area (TPSA) is 64.3 Å². The second kappa shape index (κ2) is 7.04. The van der Waals surface area contributed by atoms with Gasteiger partial charge in [-0.3, -0.25) is 4.98 Å². The van der Waals surface area contributed by atoms with Gasteiger partial charge >= 0.3 is 0 Å². The molecule has 0 radical (unpaired) electrons. The van der Waals surface area contributed by atoms with Crippen molar-refractivity contribution >= 4 is 11.5 Å². The van der Waals surface area contributed by atoms with Gasteiger partial charge in [-0.05, 0) is 38.9 Å². The molecule has 112 valence electrons. The van der Waals surface area contributed by atoms with Gasteiger partial charge in [-0.1, -0.05) is 6.07 Å². The Balaban J connectivity index is 2.44. The van der Waals surface area contributed by atoms with Crippen LogP contribution < -0.4 is 15.4 Å². The van der Waals surface area contributed by atoms with Crippen LogP contribution in [0.3, 0.4) is 0 Å². The maximum atomic E-state index is 5.67. The third-order valence-corrected chi connectivity index (χ3v) is 3.26. The normalized spacial score (nSPS) is 10.5. The van der Waals surface area contributed by atoms with E-state index in [-0.39, 0.29) is 0 Å². The number of aryl methyl sites for hydroxylation is 2. The van der Waals surface area contributed by atoms with E-state index in [1.807, 2.05) is 38.1 Å². The molecule has 0 aliphatic carbocycles. The summed E-state index contributed by atoms with van der Waals surface area (Å²) < 4.78 is 5.31. The molecule has 0 aliphatic heterocycles. The van der Waals surface area contributed by atoms with Gasteiger partial charge in [-0.2, -0.15) is 0 Å². The SMILES string of the molecule is COc1cccc(N(CCCN)c2nc(C)cnc2C)c1. The molecule has 0 fully saturated rings. The lowest BCUT2D eigenvalue weighted by molar-refractivity contribution is 0.415. The molecule has 0 atom stereocenters. The zero-order chi connectivity index (χ0) is 15.2. The van der Waals surface area contributed by atoms with Crippen LogP contribution in [0.1, 0.15) is 17.8 Å². The van der Waals surface area contributed by atoms with Crippen LogP contribution in [0, 0.1) is 13.8 Å². The van der Waals surface area contributed by atoms with E-state index in [0.717, 1.165) is 41.6 Å². The number of hydrogen-bond donors (Lipinski definition) is 1. The molecule has 0 amide bonds. The van der Waals surface area contributed by atoms with E-state index in [1.165, 1.54) is 0 Å². The van der Waals surface area contributed by atoms with Gasteiger partial charge in [0.25, 0.3) is 0 Å². The Bertz CT molecular complexity index is 601. The fourth-order valence-electron chi connectivity index (χ4n) is 2.17. The molecule has 0 unspecified atom stereocenters. The Labute approximate surface area is 125 Å². The lowest BCUT2D eigenvalue weighted by atomic mass is 10.2. The van der Waals surface area contributed by atoms with E-state index in [9.17, 15) is 0 Å². The summed E-state index contributed by atoms with van der Waals surface area (Å²) in [5.41, 5.74) is 8.51.